The fraction of sp³-hybridized carbons (Fsp3) is 0.296. The Kier molecular flexibility index (Phi) is 7.73. The highest BCUT2D eigenvalue weighted by atomic mass is 19.3. The number of amidine groups is 1. The van der Waals surface area contributed by atoms with Crippen LogP contribution in [0.4, 0.5) is 14.5 Å². The standard InChI is InChI=1S/C27H27F2N7O3/c28-23(29)17-14-20(36-10-12-38-13-11-36)22(32-15-17)24(30)39-27(31)35-25-26(37)33-19-9-5-4-8-18(19)21(34-25)16-6-2-1-3-7-16/h1-9,15,17,23,25,30H,10-14H2,(H2,31,35)(H,33,37). The highest BCUT2D eigenvalue weighted by molar-refractivity contribution is 6.19. The zero-order chi connectivity index (χ0) is 27.4. The van der Waals surface area contributed by atoms with Gasteiger partial charge in [0.05, 0.1) is 30.5 Å². The van der Waals surface area contributed by atoms with Gasteiger partial charge in [-0.1, -0.05) is 48.5 Å². The number of hydrogen-bond donors (Lipinski definition) is 3. The van der Waals surface area contributed by atoms with Crippen molar-refractivity contribution in [1.29, 1.82) is 5.41 Å². The van der Waals surface area contributed by atoms with Crippen LogP contribution < -0.4 is 11.1 Å². The fourth-order valence-electron chi connectivity index (χ4n) is 4.53. The highest BCUT2D eigenvalue weighted by Crippen LogP contribution is 2.29. The Morgan fingerprint density at radius 3 is 2.62 bits per heavy atom. The SMILES string of the molecule is N=C(OC(N)=NC1N=C(c2ccccc2)c2ccccc2NC1=O)C1=C(N2CCOCC2)CC(C(F)F)C=N1. The number of amides is 1. The molecule has 10 nitrogen and oxygen atoms in total. The number of nitrogens with one attached hydrogen (secondary N) is 2. The summed E-state index contributed by atoms with van der Waals surface area (Å²) in [5.74, 6) is -2.08. The van der Waals surface area contributed by atoms with Gasteiger partial charge < -0.3 is 25.4 Å². The van der Waals surface area contributed by atoms with E-state index in [1.807, 2.05) is 47.4 Å². The maximum atomic E-state index is 13.5. The monoisotopic (exact) mass is 535 g/mol. The van der Waals surface area contributed by atoms with Gasteiger partial charge in [-0.05, 0) is 6.07 Å². The first-order valence-electron chi connectivity index (χ1n) is 12.4. The highest BCUT2D eigenvalue weighted by Gasteiger charge is 2.31. The van der Waals surface area contributed by atoms with Gasteiger partial charge in [-0.25, -0.2) is 13.8 Å². The average molecular weight is 536 g/mol. The van der Waals surface area contributed by atoms with Gasteiger partial charge in [0.15, 0.2) is 0 Å². The molecule has 2 atom stereocenters. The number of carbonyl (C=O) groups is 1. The molecule has 0 radical (unpaired) electrons. The van der Waals surface area contributed by atoms with Crippen molar-refractivity contribution >= 4 is 35.4 Å². The average Bonchev–Trinajstić information content (AvgIpc) is 3.09. The lowest BCUT2D eigenvalue weighted by molar-refractivity contribution is -0.117. The third kappa shape index (κ3) is 5.85. The Morgan fingerprint density at radius 2 is 1.87 bits per heavy atom. The van der Waals surface area contributed by atoms with Gasteiger partial charge in [0.1, 0.15) is 5.70 Å². The Balaban J connectivity index is 1.43. The Hall–Kier alpha value is -4.45. The van der Waals surface area contributed by atoms with Gasteiger partial charge >= 0.3 is 0 Å². The van der Waals surface area contributed by atoms with E-state index in [4.69, 9.17) is 20.6 Å². The van der Waals surface area contributed by atoms with Crippen LogP contribution in [-0.2, 0) is 14.3 Å². The molecule has 202 valence electrons. The summed E-state index contributed by atoms with van der Waals surface area (Å²) in [4.78, 5) is 27.7. The molecule has 39 heavy (non-hydrogen) atoms. The number of nitrogens with two attached hydrogens (primary N) is 1. The van der Waals surface area contributed by atoms with E-state index < -0.39 is 36.3 Å². The lowest BCUT2D eigenvalue weighted by atomic mass is 9.99. The number of benzodiazepines with no additional fused rings is 1. The zero-order valence-electron chi connectivity index (χ0n) is 20.9. The molecule has 1 amide bonds. The Bertz CT molecular complexity index is 1370. The molecule has 0 aliphatic carbocycles. The molecule has 3 heterocycles. The maximum absolute atomic E-state index is 13.5. The largest absolute Gasteiger partial charge is 0.405 e. The van der Waals surface area contributed by atoms with Crippen LogP contribution in [0.3, 0.4) is 0 Å². The molecular weight excluding hydrogens is 508 g/mol. The summed E-state index contributed by atoms with van der Waals surface area (Å²) in [6.07, 6.45) is -2.77. The van der Waals surface area contributed by atoms with Gasteiger partial charge in [0.25, 0.3) is 11.9 Å². The van der Waals surface area contributed by atoms with Gasteiger partial charge in [-0.3, -0.25) is 15.2 Å². The molecule has 0 saturated carbocycles. The van der Waals surface area contributed by atoms with Crippen LogP contribution in [0, 0.1) is 11.3 Å². The molecule has 0 bridgehead atoms. The summed E-state index contributed by atoms with van der Waals surface area (Å²) < 4.78 is 37.7. The topological polar surface area (TPSA) is 138 Å². The second-order valence-electron chi connectivity index (χ2n) is 9.03. The fourth-order valence-corrected chi connectivity index (χ4v) is 4.53. The number of morpholine rings is 1. The lowest BCUT2D eigenvalue weighted by Crippen LogP contribution is -2.39. The summed E-state index contributed by atoms with van der Waals surface area (Å²) in [5.41, 5.74) is 9.16. The second-order valence-corrected chi connectivity index (χ2v) is 9.03. The van der Waals surface area contributed by atoms with E-state index in [9.17, 15) is 13.6 Å². The molecule has 0 aromatic heterocycles. The van der Waals surface area contributed by atoms with Crippen molar-refractivity contribution in [2.24, 2.45) is 26.6 Å². The molecule has 0 spiro atoms. The number of rotatable bonds is 5. The normalized spacial score (nSPS) is 21.7. The minimum atomic E-state index is -2.59. The summed E-state index contributed by atoms with van der Waals surface area (Å²) in [7, 11) is 0. The molecule has 4 N–H and O–H groups in total. The number of nitrogens with zero attached hydrogens (tertiary/aromatic N) is 4. The van der Waals surface area contributed by atoms with E-state index in [0.29, 0.717) is 49.0 Å². The molecule has 3 aliphatic rings. The van der Waals surface area contributed by atoms with Gasteiger partial charge in [0, 0.05) is 42.5 Å². The number of fused-ring (bicyclic) bond motifs is 1. The van der Waals surface area contributed by atoms with E-state index in [0.717, 1.165) is 11.8 Å². The van der Waals surface area contributed by atoms with E-state index in [1.165, 1.54) is 0 Å². The van der Waals surface area contributed by atoms with E-state index >= 15 is 0 Å². The number of para-hydroxylation sites is 1. The number of allylic oxidation sites excluding steroid dienone is 1. The van der Waals surface area contributed by atoms with Crippen molar-refractivity contribution in [2.75, 3.05) is 31.6 Å². The summed E-state index contributed by atoms with van der Waals surface area (Å²) in [5, 5.41) is 11.3. The van der Waals surface area contributed by atoms with E-state index in [-0.39, 0.29) is 12.1 Å². The van der Waals surface area contributed by atoms with Crippen LogP contribution in [0.2, 0.25) is 0 Å². The van der Waals surface area contributed by atoms with Crippen molar-refractivity contribution in [1.82, 2.24) is 4.90 Å². The summed E-state index contributed by atoms with van der Waals surface area (Å²) >= 11 is 0. The predicted octanol–water partition coefficient (Wildman–Crippen LogP) is 3.01. The number of hydrogen-bond acceptors (Lipinski definition) is 8. The molecule has 5 rings (SSSR count). The van der Waals surface area contributed by atoms with Crippen molar-refractivity contribution in [3.63, 3.8) is 0 Å². The first-order chi connectivity index (χ1) is 18.9. The van der Waals surface area contributed by atoms with Crippen LogP contribution in [0.1, 0.15) is 17.5 Å². The van der Waals surface area contributed by atoms with Crippen LogP contribution >= 0.6 is 0 Å². The number of anilines is 1. The first-order valence-corrected chi connectivity index (χ1v) is 12.4. The molecule has 2 aromatic carbocycles. The number of aliphatic imine (C=N–C) groups is 3. The van der Waals surface area contributed by atoms with Crippen LogP contribution in [0.5, 0.6) is 0 Å². The number of halogens is 2. The molecule has 12 heteroatoms. The number of ether oxygens (including phenoxy) is 2. The van der Waals surface area contributed by atoms with E-state index in [2.05, 4.69) is 20.3 Å². The maximum Gasteiger partial charge on any atom is 0.291 e. The van der Waals surface area contributed by atoms with Crippen molar-refractivity contribution in [3.8, 4) is 0 Å². The second kappa shape index (κ2) is 11.5. The quantitative estimate of drug-likeness (QED) is 0.399. The number of benzene rings is 2. The van der Waals surface area contributed by atoms with E-state index in [1.54, 1.807) is 12.1 Å². The first kappa shape index (κ1) is 26.2. The van der Waals surface area contributed by atoms with Crippen molar-refractivity contribution in [2.45, 2.75) is 19.0 Å². The summed E-state index contributed by atoms with van der Waals surface area (Å²) in [6.45, 7) is 1.80. The van der Waals surface area contributed by atoms with Crippen molar-refractivity contribution in [3.05, 3.63) is 77.1 Å². The number of carbonyl (C=O) groups excluding carboxylic acids is 1. The third-order valence-corrected chi connectivity index (χ3v) is 6.46. The molecule has 2 aromatic rings. The van der Waals surface area contributed by atoms with Gasteiger partial charge in [-0.15, -0.1) is 0 Å². The zero-order valence-corrected chi connectivity index (χ0v) is 20.9. The smallest absolute Gasteiger partial charge is 0.291 e. The Morgan fingerprint density at radius 1 is 1.15 bits per heavy atom. The molecular formula is C27H27F2N7O3. The molecule has 2 unspecified atom stereocenters. The predicted molar refractivity (Wildman–Crippen MR) is 143 cm³/mol. The van der Waals surface area contributed by atoms with Crippen LogP contribution in [0.15, 0.2) is 81.0 Å². The minimum Gasteiger partial charge on any atom is -0.405 e. The molecule has 3 aliphatic heterocycles. The van der Waals surface area contributed by atoms with Crippen LogP contribution in [-0.4, -0.2) is 73.5 Å². The lowest BCUT2D eigenvalue weighted by Gasteiger charge is -2.34. The molecule has 1 fully saturated rings. The minimum absolute atomic E-state index is 0.00664. The third-order valence-electron chi connectivity index (χ3n) is 6.46. The summed E-state index contributed by atoms with van der Waals surface area (Å²) in [6, 6.07) is 16.1. The van der Waals surface area contributed by atoms with Gasteiger partial charge in [-0.2, -0.15) is 4.99 Å². The van der Waals surface area contributed by atoms with Crippen molar-refractivity contribution < 1.29 is 23.0 Å². The Labute approximate surface area is 223 Å². The van der Waals surface area contributed by atoms with Gasteiger partial charge in [0.2, 0.25) is 18.5 Å². The molecule has 1 saturated heterocycles. The number of alkyl halides is 2. The van der Waals surface area contributed by atoms with Crippen LogP contribution in [0.25, 0.3) is 0 Å².